The van der Waals surface area contributed by atoms with Crippen LogP contribution < -0.4 is 0 Å². The van der Waals surface area contributed by atoms with Crippen LogP contribution in [0.25, 0.3) is 0 Å². The van der Waals surface area contributed by atoms with Crippen LogP contribution in [0.1, 0.15) is 59.3 Å². The van der Waals surface area contributed by atoms with Gasteiger partial charge in [-0.05, 0) is 38.5 Å². The van der Waals surface area contributed by atoms with Crippen molar-refractivity contribution in [3.8, 4) is 0 Å². The number of hydrogen-bond donors (Lipinski definition) is 0. The zero-order valence-corrected chi connectivity index (χ0v) is 18.0. The van der Waals surface area contributed by atoms with Gasteiger partial charge in [0.1, 0.15) is 6.10 Å². The summed E-state index contributed by atoms with van der Waals surface area (Å²) in [4.78, 5) is 0. The van der Waals surface area contributed by atoms with Gasteiger partial charge in [-0.25, -0.2) is 0 Å². The van der Waals surface area contributed by atoms with E-state index >= 15 is 0 Å². The highest BCUT2D eigenvalue weighted by Crippen LogP contribution is 2.00. The molecule has 0 rings (SSSR count). The first-order valence-corrected chi connectivity index (χ1v) is 10.8. The summed E-state index contributed by atoms with van der Waals surface area (Å²) in [6.07, 6.45) is 5.84. The van der Waals surface area contributed by atoms with Crippen LogP contribution in [0.5, 0.6) is 0 Å². The highest BCUT2D eigenvalue weighted by Gasteiger charge is 2.10. The number of ether oxygens (including phenoxy) is 6. The van der Waals surface area contributed by atoms with Crippen LogP contribution in [0.3, 0.4) is 0 Å². The normalized spacial score (nSPS) is 11.6. The lowest BCUT2D eigenvalue weighted by Gasteiger charge is -2.18. The maximum atomic E-state index is 5.92. The third kappa shape index (κ3) is 21.9. The van der Waals surface area contributed by atoms with E-state index in [2.05, 4.69) is 20.8 Å². The average molecular weight is 393 g/mol. The summed E-state index contributed by atoms with van der Waals surface area (Å²) in [6.45, 7) is 14.2. The molecule has 0 aliphatic heterocycles. The second-order valence-electron chi connectivity index (χ2n) is 6.54. The molecule has 0 radical (unpaired) electrons. The number of rotatable bonds is 23. The van der Waals surface area contributed by atoms with Crippen molar-refractivity contribution in [2.24, 2.45) is 0 Å². The van der Waals surface area contributed by atoms with Crippen molar-refractivity contribution in [1.29, 1.82) is 0 Å². The molecule has 0 fully saturated rings. The Bertz CT molecular complexity index is 247. The smallest absolute Gasteiger partial charge is 0.104 e. The Balaban J connectivity index is 3.78. The molecule has 6 nitrogen and oxygen atoms in total. The monoisotopic (exact) mass is 392 g/mol. The van der Waals surface area contributed by atoms with E-state index < -0.39 is 0 Å². The molecule has 0 aromatic heterocycles. The lowest BCUT2D eigenvalue weighted by molar-refractivity contribution is -0.0673. The van der Waals surface area contributed by atoms with E-state index in [1.54, 1.807) is 0 Å². The van der Waals surface area contributed by atoms with Gasteiger partial charge in [-0.15, -0.1) is 0 Å². The molecule has 0 bridgehead atoms. The standard InChI is InChI=1S/C21H44O6/c1-4-10-22-13-7-16-25-19-21(27-18-9-15-24-12-6-3)20-26-17-8-14-23-11-5-2/h21H,4-20H2,1-3H3. The molecule has 0 amide bonds. The van der Waals surface area contributed by atoms with Gasteiger partial charge in [0.2, 0.25) is 0 Å². The van der Waals surface area contributed by atoms with E-state index in [1.165, 1.54) is 0 Å². The minimum absolute atomic E-state index is 0.0377. The van der Waals surface area contributed by atoms with Gasteiger partial charge in [0.25, 0.3) is 0 Å². The molecule has 0 aromatic rings. The summed E-state index contributed by atoms with van der Waals surface area (Å²) in [5, 5.41) is 0. The quantitative estimate of drug-likeness (QED) is 0.246. The molecule has 6 heteroatoms. The number of hydrogen-bond acceptors (Lipinski definition) is 6. The maximum absolute atomic E-state index is 5.92. The van der Waals surface area contributed by atoms with Gasteiger partial charge in [-0.1, -0.05) is 20.8 Å². The van der Waals surface area contributed by atoms with E-state index in [4.69, 9.17) is 28.4 Å². The molecule has 0 N–H and O–H groups in total. The summed E-state index contributed by atoms with van der Waals surface area (Å²) < 4.78 is 33.8. The lowest BCUT2D eigenvalue weighted by atomic mass is 10.4. The maximum Gasteiger partial charge on any atom is 0.104 e. The van der Waals surface area contributed by atoms with Gasteiger partial charge in [0.05, 0.1) is 13.2 Å². The van der Waals surface area contributed by atoms with Crippen LogP contribution in [0, 0.1) is 0 Å². The molecular weight excluding hydrogens is 348 g/mol. The van der Waals surface area contributed by atoms with E-state index in [9.17, 15) is 0 Å². The van der Waals surface area contributed by atoms with Crippen molar-refractivity contribution in [3.63, 3.8) is 0 Å². The summed E-state index contributed by atoms with van der Waals surface area (Å²) in [6, 6.07) is 0. The molecule has 0 saturated carbocycles. The van der Waals surface area contributed by atoms with E-state index in [1.807, 2.05) is 0 Å². The second kappa shape index (κ2) is 23.8. The Labute approximate surface area is 167 Å². The molecule has 0 spiro atoms. The fourth-order valence-corrected chi connectivity index (χ4v) is 2.25. The van der Waals surface area contributed by atoms with Crippen molar-refractivity contribution in [1.82, 2.24) is 0 Å². The molecule has 27 heavy (non-hydrogen) atoms. The third-order valence-corrected chi connectivity index (χ3v) is 3.59. The van der Waals surface area contributed by atoms with Gasteiger partial charge in [0.15, 0.2) is 0 Å². The van der Waals surface area contributed by atoms with Gasteiger partial charge < -0.3 is 28.4 Å². The predicted molar refractivity (Wildman–Crippen MR) is 109 cm³/mol. The van der Waals surface area contributed by atoms with Crippen molar-refractivity contribution in [2.75, 3.05) is 72.7 Å². The molecule has 164 valence electrons. The fraction of sp³-hybridized carbons (Fsp3) is 1.00. The Kier molecular flexibility index (Phi) is 23.6. The van der Waals surface area contributed by atoms with Crippen molar-refractivity contribution >= 4 is 0 Å². The Morgan fingerprint density at radius 2 is 0.815 bits per heavy atom. The summed E-state index contributed by atoms with van der Waals surface area (Å²) in [5.41, 5.74) is 0. The summed E-state index contributed by atoms with van der Waals surface area (Å²) in [7, 11) is 0. The minimum Gasteiger partial charge on any atom is -0.381 e. The van der Waals surface area contributed by atoms with Gasteiger partial charge in [0, 0.05) is 59.5 Å². The second-order valence-corrected chi connectivity index (χ2v) is 6.54. The van der Waals surface area contributed by atoms with Gasteiger partial charge in [-0.3, -0.25) is 0 Å². The average Bonchev–Trinajstić information content (AvgIpc) is 2.68. The third-order valence-electron chi connectivity index (χ3n) is 3.59. The molecule has 0 saturated heterocycles. The van der Waals surface area contributed by atoms with Gasteiger partial charge >= 0.3 is 0 Å². The van der Waals surface area contributed by atoms with Crippen molar-refractivity contribution < 1.29 is 28.4 Å². The van der Waals surface area contributed by atoms with Crippen LogP contribution in [0.4, 0.5) is 0 Å². The lowest BCUT2D eigenvalue weighted by Crippen LogP contribution is -2.27. The SMILES string of the molecule is CCCOCCCOCC(COCCCOCCC)OCCCOCCC. The minimum atomic E-state index is -0.0377. The molecule has 0 unspecified atom stereocenters. The zero-order valence-electron chi connectivity index (χ0n) is 18.0. The highest BCUT2D eigenvalue weighted by atomic mass is 16.6. The van der Waals surface area contributed by atoms with Gasteiger partial charge in [-0.2, -0.15) is 0 Å². The van der Waals surface area contributed by atoms with E-state index in [-0.39, 0.29) is 6.10 Å². The topological polar surface area (TPSA) is 55.4 Å². The van der Waals surface area contributed by atoms with Crippen LogP contribution >= 0.6 is 0 Å². The first kappa shape index (κ1) is 26.8. The van der Waals surface area contributed by atoms with Crippen molar-refractivity contribution in [2.45, 2.75) is 65.4 Å². The first-order valence-electron chi connectivity index (χ1n) is 10.8. The zero-order chi connectivity index (χ0) is 19.8. The molecular formula is C21H44O6. The van der Waals surface area contributed by atoms with Crippen molar-refractivity contribution in [3.05, 3.63) is 0 Å². The summed E-state index contributed by atoms with van der Waals surface area (Å²) in [5.74, 6) is 0. The summed E-state index contributed by atoms with van der Waals surface area (Å²) >= 11 is 0. The fourth-order valence-electron chi connectivity index (χ4n) is 2.25. The first-order chi connectivity index (χ1) is 13.3. The predicted octanol–water partition coefficient (Wildman–Crippen LogP) is 3.85. The Morgan fingerprint density at radius 3 is 1.22 bits per heavy atom. The van der Waals surface area contributed by atoms with E-state index in [0.29, 0.717) is 33.0 Å². The molecule has 0 aliphatic rings. The highest BCUT2D eigenvalue weighted by molar-refractivity contribution is 4.56. The molecule has 0 heterocycles. The van der Waals surface area contributed by atoms with Crippen LogP contribution in [0.15, 0.2) is 0 Å². The van der Waals surface area contributed by atoms with Crippen LogP contribution in [-0.2, 0) is 28.4 Å². The molecule has 0 atom stereocenters. The molecule has 0 aliphatic carbocycles. The van der Waals surface area contributed by atoms with Crippen LogP contribution in [0.2, 0.25) is 0 Å². The Morgan fingerprint density at radius 1 is 0.444 bits per heavy atom. The van der Waals surface area contributed by atoms with E-state index in [0.717, 1.165) is 78.2 Å². The molecule has 0 aromatic carbocycles. The van der Waals surface area contributed by atoms with Crippen LogP contribution in [-0.4, -0.2) is 78.8 Å². The Hall–Kier alpha value is -0.240. The largest absolute Gasteiger partial charge is 0.381 e.